The number of hydrogen-bond acceptors (Lipinski definition) is 3. The third-order valence-electron chi connectivity index (χ3n) is 3.27. The van der Waals surface area contributed by atoms with Crippen LogP contribution < -0.4 is 4.52 Å². The second-order valence-corrected chi connectivity index (χ2v) is 7.30. The SMILES string of the molecule is CC(C)N(C(C)C)P1Oc2ccccc2C(C)(C)O1. The van der Waals surface area contributed by atoms with E-state index in [4.69, 9.17) is 9.05 Å². The molecule has 0 saturated heterocycles. The fourth-order valence-corrected chi connectivity index (χ4v) is 4.25. The molecule has 1 aromatic rings. The molecule has 106 valence electrons. The number of rotatable bonds is 3. The van der Waals surface area contributed by atoms with Gasteiger partial charge in [0.05, 0.1) is 0 Å². The van der Waals surface area contributed by atoms with Gasteiger partial charge in [0.2, 0.25) is 0 Å². The third kappa shape index (κ3) is 2.94. The Labute approximate surface area is 117 Å². The normalized spacial score (nSPS) is 21.6. The van der Waals surface area contributed by atoms with Gasteiger partial charge in [-0.05, 0) is 47.6 Å². The topological polar surface area (TPSA) is 21.7 Å². The van der Waals surface area contributed by atoms with Gasteiger partial charge in [-0.2, -0.15) is 0 Å². The smallest absolute Gasteiger partial charge is 0.322 e. The van der Waals surface area contributed by atoms with Crippen LogP contribution in [0.4, 0.5) is 0 Å². The third-order valence-corrected chi connectivity index (χ3v) is 5.53. The summed E-state index contributed by atoms with van der Waals surface area (Å²) in [7, 11) is -1.06. The summed E-state index contributed by atoms with van der Waals surface area (Å²) in [5.41, 5.74) is 0.823. The molecule has 0 N–H and O–H groups in total. The maximum Gasteiger partial charge on any atom is 0.322 e. The van der Waals surface area contributed by atoms with Crippen LogP contribution in [0.15, 0.2) is 24.3 Å². The number of benzene rings is 1. The van der Waals surface area contributed by atoms with Crippen molar-refractivity contribution in [3.05, 3.63) is 29.8 Å². The Morgan fingerprint density at radius 3 is 2.21 bits per heavy atom. The van der Waals surface area contributed by atoms with E-state index in [1.165, 1.54) is 0 Å². The monoisotopic (exact) mass is 281 g/mol. The average Bonchev–Trinajstić information content (AvgIpc) is 2.27. The summed E-state index contributed by atoms with van der Waals surface area (Å²) in [4.78, 5) is 0. The average molecular weight is 281 g/mol. The lowest BCUT2D eigenvalue weighted by atomic mass is 9.98. The van der Waals surface area contributed by atoms with E-state index >= 15 is 0 Å². The predicted molar refractivity (Wildman–Crippen MR) is 80.2 cm³/mol. The summed E-state index contributed by atoms with van der Waals surface area (Å²) in [6, 6.07) is 8.96. The highest BCUT2D eigenvalue weighted by Crippen LogP contribution is 2.56. The van der Waals surface area contributed by atoms with E-state index in [1.54, 1.807) is 0 Å². The standard InChI is InChI=1S/C15H24NO2P/c1-11(2)16(12(3)4)19-17-14-10-8-7-9-13(14)15(5,6)18-19/h7-12H,1-6H3. The zero-order valence-corrected chi connectivity index (χ0v) is 13.6. The Morgan fingerprint density at radius 1 is 1.05 bits per heavy atom. The van der Waals surface area contributed by atoms with Gasteiger partial charge in [0, 0.05) is 17.6 Å². The van der Waals surface area contributed by atoms with E-state index < -0.39 is 8.53 Å². The van der Waals surface area contributed by atoms with Crippen molar-refractivity contribution in [1.82, 2.24) is 4.67 Å². The predicted octanol–water partition coefficient (Wildman–Crippen LogP) is 4.68. The summed E-state index contributed by atoms with van der Waals surface area (Å²) >= 11 is 0. The summed E-state index contributed by atoms with van der Waals surface area (Å²) in [6.07, 6.45) is 0. The fraction of sp³-hybridized carbons (Fsp3) is 0.600. The minimum absolute atomic E-state index is 0.303. The maximum atomic E-state index is 6.25. The fourth-order valence-electron chi connectivity index (χ4n) is 2.46. The molecule has 1 aliphatic rings. The van der Waals surface area contributed by atoms with Gasteiger partial charge >= 0.3 is 8.53 Å². The lowest BCUT2D eigenvalue weighted by Gasteiger charge is -2.43. The van der Waals surface area contributed by atoms with Crippen molar-refractivity contribution in [2.24, 2.45) is 0 Å². The van der Waals surface area contributed by atoms with Gasteiger partial charge in [-0.15, -0.1) is 0 Å². The van der Waals surface area contributed by atoms with Crippen molar-refractivity contribution in [2.75, 3.05) is 0 Å². The van der Waals surface area contributed by atoms with Gasteiger partial charge in [-0.1, -0.05) is 18.2 Å². The first kappa shape index (κ1) is 14.8. The summed E-state index contributed by atoms with van der Waals surface area (Å²) in [5, 5.41) is 0. The van der Waals surface area contributed by atoms with Crippen molar-refractivity contribution < 1.29 is 9.05 Å². The number of fused-ring (bicyclic) bond motifs is 1. The Bertz CT molecular complexity index is 438. The lowest BCUT2D eigenvalue weighted by molar-refractivity contribution is 0.0705. The van der Waals surface area contributed by atoms with Crippen LogP contribution in [0.3, 0.4) is 0 Å². The molecule has 3 nitrogen and oxygen atoms in total. The van der Waals surface area contributed by atoms with Crippen LogP contribution >= 0.6 is 8.53 Å². The highest BCUT2D eigenvalue weighted by atomic mass is 31.2. The number of nitrogens with zero attached hydrogens (tertiary/aromatic N) is 1. The molecule has 19 heavy (non-hydrogen) atoms. The molecule has 0 radical (unpaired) electrons. The second-order valence-electron chi connectivity index (χ2n) is 5.99. The molecule has 4 heteroatoms. The molecule has 1 atom stereocenters. The Kier molecular flexibility index (Phi) is 4.20. The minimum atomic E-state index is -1.06. The first-order chi connectivity index (χ1) is 8.83. The summed E-state index contributed by atoms with van der Waals surface area (Å²) in [6.45, 7) is 13.0. The van der Waals surface area contributed by atoms with Gasteiger partial charge in [-0.25, -0.2) is 4.67 Å². The first-order valence-electron chi connectivity index (χ1n) is 6.88. The summed E-state index contributed by atoms with van der Waals surface area (Å²) < 4.78 is 14.7. The highest BCUT2D eigenvalue weighted by Gasteiger charge is 2.40. The van der Waals surface area contributed by atoms with Crippen LogP contribution in [0, 0.1) is 0 Å². The van der Waals surface area contributed by atoms with E-state index in [9.17, 15) is 0 Å². The van der Waals surface area contributed by atoms with Crippen LogP contribution in [0.25, 0.3) is 0 Å². The van der Waals surface area contributed by atoms with Crippen LogP contribution in [-0.2, 0) is 10.1 Å². The van der Waals surface area contributed by atoms with E-state index in [1.807, 2.05) is 18.2 Å². The zero-order chi connectivity index (χ0) is 14.2. The molecule has 1 aromatic carbocycles. The number of para-hydroxylation sites is 1. The molecule has 2 rings (SSSR count). The molecule has 1 heterocycles. The van der Waals surface area contributed by atoms with E-state index in [2.05, 4.69) is 52.3 Å². The first-order valence-corrected chi connectivity index (χ1v) is 8.01. The molecule has 1 unspecified atom stereocenters. The molecule has 0 amide bonds. The van der Waals surface area contributed by atoms with Gasteiger partial charge < -0.3 is 9.05 Å². The lowest BCUT2D eigenvalue weighted by Crippen LogP contribution is -2.38. The van der Waals surface area contributed by atoms with Gasteiger partial charge in [-0.3, -0.25) is 0 Å². The number of hydrogen-bond donors (Lipinski definition) is 0. The van der Waals surface area contributed by atoms with E-state index in [0.29, 0.717) is 12.1 Å². The quantitative estimate of drug-likeness (QED) is 0.751. The maximum absolute atomic E-state index is 6.25. The largest absolute Gasteiger partial charge is 0.435 e. The van der Waals surface area contributed by atoms with Crippen molar-refractivity contribution in [1.29, 1.82) is 0 Å². The molecule has 0 spiro atoms. The van der Waals surface area contributed by atoms with E-state index in [0.717, 1.165) is 11.3 Å². The van der Waals surface area contributed by atoms with Crippen LogP contribution in [0.2, 0.25) is 0 Å². The zero-order valence-electron chi connectivity index (χ0n) is 12.7. The Hall–Kier alpha value is -0.630. The van der Waals surface area contributed by atoms with Crippen molar-refractivity contribution in [2.45, 2.75) is 59.2 Å². The molecule has 0 bridgehead atoms. The molecule has 0 saturated carbocycles. The van der Waals surface area contributed by atoms with Crippen LogP contribution in [0.1, 0.15) is 47.1 Å². The van der Waals surface area contributed by atoms with Crippen molar-refractivity contribution >= 4 is 8.53 Å². The van der Waals surface area contributed by atoms with Crippen LogP contribution in [-0.4, -0.2) is 16.8 Å². The Balaban J connectivity index is 2.34. The highest BCUT2D eigenvalue weighted by molar-refractivity contribution is 7.45. The van der Waals surface area contributed by atoms with Gasteiger partial charge in [0.1, 0.15) is 11.4 Å². The minimum Gasteiger partial charge on any atom is -0.435 e. The molecule has 0 aromatic heterocycles. The Morgan fingerprint density at radius 2 is 1.63 bits per heavy atom. The van der Waals surface area contributed by atoms with Gasteiger partial charge in [0.25, 0.3) is 0 Å². The second kappa shape index (κ2) is 5.40. The molecular weight excluding hydrogens is 257 g/mol. The molecule has 0 aliphatic carbocycles. The molecular formula is C15H24NO2P. The van der Waals surface area contributed by atoms with Crippen LogP contribution in [0.5, 0.6) is 5.75 Å². The summed E-state index contributed by atoms with van der Waals surface area (Å²) in [5.74, 6) is 0.955. The molecule has 1 aliphatic heterocycles. The van der Waals surface area contributed by atoms with Crippen molar-refractivity contribution in [3.63, 3.8) is 0 Å². The van der Waals surface area contributed by atoms with E-state index in [-0.39, 0.29) is 5.60 Å². The van der Waals surface area contributed by atoms with Gasteiger partial charge in [0.15, 0.2) is 0 Å². The van der Waals surface area contributed by atoms with Crippen molar-refractivity contribution in [3.8, 4) is 5.75 Å². The molecule has 0 fully saturated rings.